The standard InChI is InChI=1S/C21H23N3O2S/c1-25-17-5-2-4-16(10-17)19-11-22-20-13-26-21(15-24(19)20)7-8-23(14-21)12-18-6-3-9-27-18/h2-6,9-11H,7-8,12-15H2,1H3. The van der Waals surface area contributed by atoms with Gasteiger partial charge < -0.3 is 14.0 Å². The van der Waals surface area contributed by atoms with E-state index in [4.69, 9.17) is 9.47 Å². The second kappa shape index (κ2) is 6.78. The first-order chi connectivity index (χ1) is 13.2. The van der Waals surface area contributed by atoms with Gasteiger partial charge in [-0.1, -0.05) is 18.2 Å². The maximum atomic E-state index is 6.35. The monoisotopic (exact) mass is 381 g/mol. The van der Waals surface area contributed by atoms with Crippen molar-refractivity contribution in [1.29, 1.82) is 0 Å². The normalized spacial score (nSPS) is 22.3. The lowest BCUT2D eigenvalue weighted by molar-refractivity contribution is -0.0821. The summed E-state index contributed by atoms with van der Waals surface area (Å²) in [5.74, 6) is 1.88. The van der Waals surface area contributed by atoms with E-state index in [1.54, 1.807) is 7.11 Å². The quantitative estimate of drug-likeness (QED) is 0.689. The highest BCUT2D eigenvalue weighted by Crippen LogP contribution is 2.36. The van der Waals surface area contributed by atoms with E-state index >= 15 is 0 Å². The molecule has 1 unspecified atom stereocenters. The van der Waals surface area contributed by atoms with Crippen LogP contribution in [0.5, 0.6) is 5.75 Å². The summed E-state index contributed by atoms with van der Waals surface area (Å²) < 4.78 is 14.1. The predicted molar refractivity (Wildman–Crippen MR) is 106 cm³/mol. The molecule has 6 heteroatoms. The Balaban J connectivity index is 1.39. The summed E-state index contributed by atoms with van der Waals surface area (Å²) in [4.78, 5) is 8.54. The zero-order valence-corrected chi connectivity index (χ0v) is 16.2. The molecule has 0 aliphatic carbocycles. The molecule has 1 atom stereocenters. The summed E-state index contributed by atoms with van der Waals surface area (Å²) in [6.45, 7) is 4.51. The first-order valence-electron chi connectivity index (χ1n) is 9.32. The molecule has 0 bridgehead atoms. The molecule has 0 amide bonds. The summed E-state index contributed by atoms with van der Waals surface area (Å²) in [6, 6.07) is 12.5. The van der Waals surface area contributed by atoms with Gasteiger partial charge in [-0.2, -0.15) is 0 Å². The predicted octanol–water partition coefficient (Wildman–Crippen LogP) is 3.80. The second-order valence-corrected chi connectivity index (χ2v) is 8.42. The van der Waals surface area contributed by atoms with E-state index in [2.05, 4.69) is 44.1 Å². The Morgan fingerprint density at radius 3 is 3.07 bits per heavy atom. The van der Waals surface area contributed by atoms with Crippen LogP contribution in [-0.2, 0) is 24.4 Å². The van der Waals surface area contributed by atoms with Gasteiger partial charge in [-0.25, -0.2) is 4.98 Å². The van der Waals surface area contributed by atoms with Gasteiger partial charge in [-0.15, -0.1) is 11.3 Å². The van der Waals surface area contributed by atoms with Crippen molar-refractivity contribution >= 4 is 11.3 Å². The van der Waals surface area contributed by atoms with Crippen molar-refractivity contribution in [2.75, 3.05) is 20.2 Å². The molecule has 1 spiro atoms. The zero-order chi connectivity index (χ0) is 18.3. The van der Waals surface area contributed by atoms with Crippen molar-refractivity contribution in [2.45, 2.75) is 31.7 Å². The van der Waals surface area contributed by atoms with Gasteiger partial charge in [-0.05, 0) is 30.0 Å². The van der Waals surface area contributed by atoms with E-state index < -0.39 is 0 Å². The Morgan fingerprint density at radius 1 is 1.26 bits per heavy atom. The van der Waals surface area contributed by atoms with Crippen LogP contribution in [0.1, 0.15) is 17.1 Å². The smallest absolute Gasteiger partial charge is 0.135 e. The Bertz CT molecular complexity index is 937. The number of hydrogen-bond donors (Lipinski definition) is 0. The lowest BCUT2D eigenvalue weighted by atomic mass is 10.0. The van der Waals surface area contributed by atoms with Crippen LogP contribution in [0.4, 0.5) is 0 Å². The van der Waals surface area contributed by atoms with E-state index in [-0.39, 0.29) is 5.60 Å². The largest absolute Gasteiger partial charge is 0.497 e. The maximum absolute atomic E-state index is 6.35. The van der Waals surface area contributed by atoms with Gasteiger partial charge >= 0.3 is 0 Å². The number of nitrogens with zero attached hydrogens (tertiary/aromatic N) is 3. The first kappa shape index (κ1) is 17.0. The van der Waals surface area contributed by atoms with Crippen LogP contribution in [0, 0.1) is 0 Å². The van der Waals surface area contributed by atoms with Crippen molar-refractivity contribution in [1.82, 2.24) is 14.5 Å². The summed E-state index contributed by atoms with van der Waals surface area (Å²) >= 11 is 1.83. The van der Waals surface area contributed by atoms with E-state index in [1.807, 2.05) is 29.7 Å². The summed E-state index contributed by atoms with van der Waals surface area (Å²) in [6.07, 6.45) is 3.03. The molecule has 2 aliphatic rings. The number of likely N-dealkylation sites (tertiary alicyclic amines) is 1. The number of aromatic nitrogens is 2. The maximum Gasteiger partial charge on any atom is 0.135 e. The van der Waals surface area contributed by atoms with Crippen molar-refractivity contribution in [3.05, 3.63) is 58.7 Å². The molecule has 0 saturated carbocycles. The molecule has 140 valence electrons. The van der Waals surface area contributed by atoms with Gasteiger partial charge in [0.25, 0.3) is 0 Å². The molecule has 5 rings (SSSR count). The average molecular weight is 382 g/mol. The van der Waals surface area contributed by atoms with Crippen molar-refractivity contribution in [3.8, 4) is 17.0 Å². The topological polar surface area (TPSA) is 39.5 Å². The average Bonchev–Trinajstić information content (AvgIpc) is 3.43. The molecular formula is C21H23N3O2S. The van der Waals surface area contributed by atoms with Crippen molar-refractivity contribution in [2.24, 2.45) is 0 Å². The van der Waals surface area contributed by atoms with Crippen LogP contribution in [0.15, 0.2) is 48.0 Å². The fourth-order valence-electron chi connectivity index (χ4n) is 4.20. The van der Waals surface area contributed by atoms with Gasteiger partial charge in [0, 0.05) is 30.1 Å². The molecule has 5 nitrogen and oxygen atoms in total. The van der Waals surface area contributed by atoms with E-state index in [9.17, 15) is 0 Å². The zero-order valence-electron chi connectivity index (χ0n) is 15.4. The van der Waals surface area contributed by atoms with Gasteiger partial charge in [0.1, 0.15) is 23.8 Å². The Labute approximate surface area is 163 Å². The minimum absolute atomic E-state index is 0.113. The Hall–Kier alpha value is -2.15. The number of imidazole rings is 1. The molecule has 2 aromatic heterocycles. The van der Waals surface area contributed by atoms with Crippen LogP contribution in [0.3, 0.4) is 0 Å². The molecule has 3 aromatic rings. The van der Waals surface area contributed by atoms with Gasteiger partial charge in [0.15, 0.2) is 0 Å². The summed E-state index contributed by atoms with van der Waals surface area (Å²) in [5, 5.41) is 2.15. The van der Waals surface area contributed by atoms with E-state index in [0.717, 1.165) is 55.4 Å². The lowest BCUT2D eigenvalue weighted by Gasteiger charge is -2.35. The van der Waals surface area contributed by atoms with Crippen LogP contribution in [0.25, 0.3) is 11.3 Å². The Morgan fingerprint density at radius 2 is 2.22 bits per heavy atom. The summed E-state index contributed by atoms with van der Waals surface area (Å²) in [5.41, 5.74) is 2.17. The molecule has 0 radical (unpaired) electrons. The number of benzene rings is 1. The molecule has 2 aliphatic heterocycles. The van der Waals surface area contributed by atoms with E-state index in [1.165, 1.54) is 4.88 Å². The number of rotatable bonds is 4. The third-order valence-corrected chi connectivity index (χ3v) is 6.47. The van der Waals surface area contributed by atoms with E-state index in [0.29, 0.717) is 6.61 Å². The van der Waals surface area contributed by atoms with Gasteiger partial charge in [-0.3, -0.25) is 4.90 Å². The van der Waals surface area contributed by atoms with Gasteiger partial charge in [0.2, 0.25) is 0 Å². The van der Waals surface area contributed by atoms with Gasteiger partial charge in [0.05, 0.1) is 25.5 Å². The first-order valence-corrected chi connectivity index (χ1v) is 10.2. The molecule has 1 aromatic carbocycles. The molecule has 1 fully saturated rings. The lowest BCUT2D eigenvalue weighted by Crippen LogP contribution is -2.44. The number of methoxy groups -OCH3 is 1. The van der Waals surface area contributed by atoms with Crippen molar-refractivity contribution in [3.63, 3.8) is 0 Å². The minimum atomic E-state index is -0.113. The number of ether oxygens (including phenoxy) is 2. The fraction of sp³-hybridized carbons (Fsp3) is 0.381. The number of thiophene rings is 1. The molecule has 27 heavy (non-hydrogen) atoms. The van der Waals surface area contributed by atoms with Crippen LogP contribution in [0.2, 0.25) is 0 Å². The van der Waals surface area contributed by atoms with Crippen LogP contribution < -0.4 is 4.74 Å². The minimum Gasteiger partial charge on any atom is -0.497 e. The highest BCUT2D eigenvalue weighted by Gasteiger charge is 2.43. The number of fused-ring (bicyclic) bond motifs is 1. The Kier molecular flexibility index (Phi) is 4.27. The third kappa shape index (κ3) is 3.18. The highest BCUT2D eigenvalue weighted by molar-refractivity contribution is 7.09. The van der Waals surface area contributed by atoms with Crippen LogP contribution >= 0.6 is 11.3 Å². The molecular weight excluding hydrogens is 358 g/mol. The SMILES string of the molecule is COc1cccc(-c2cnc3n2CC2(CCN(Cc4cccs4)C2)OC3)c1. The molecule has 4 heterocycles. The van der Waals surface area contributed by atoms with Crippen molar-refractivity contribution < 1.29 is 9.47 Å². The summed E-state index contributed by atoms with van der Waals surface area (Å²) in [7, 11) is 1.70. The third-order valence-electron chi connectivity index (χ3n) is 5.61. The second-order valence-electron chi connectivity index (χ2n) is 7.39. The molecule has 0 N–H and O–H groups in total. The molecule has 1 saturated heterocycles. The van der Waals surface area contributed by atoms with Crippen LogP contribution in [-0.4, -0.2) is 40.3 Å². The number of hydrogen-bond acceptors (Lipinski definition) is 5. The fourth-order valence-corrected chi connectivity index (χ4v) is 4.95. The highest BCUT2D eigenvalue weighted by atomic mass is 32.1.